The molecule has 1 aliphatic rings. The van der Waals surface area contributed by atoms with Crippen molar-refractivity contribution in [2.24, 2.45) is 0 Å². The van der Waals surface area contributed by atoms with E-state index >= 15 is 0 Å². The Bertz CT molecular complexity index is 1010. The standard InChI is InChI=1S/C21H20FN3O3/c1-12-18(25-20(23-12)13-6-8-15(22)9-7-13)21(26)24-16-10-14-4-3-5-17(27-2)19(14)28-11-16/h3-9,16H,10-11H2,1-2H3,(H,23,25)(H,24,26). The number of imidazole rings is 1. The molecule has 1 unspecified atom stereocenters. The molecule has 3 aromatic rings. The van der Waals surface area contributed by atoms with E-state index in [-0.39, 0.29) is 17.8 Å². The molecule has 4 rings (SSSR count). The summed E-state index contributed by atoms with van der Waals surface area (Å²) in [5, 5.41) is 2.98. The van der Waals surface area contributed by atoms with Gasteiger partial charge in [-0.1, -0.05) is 12.1 Å². The number of hydrogen-bond acceptors (Lipinski definition) is 4. The molecule has 2 aromatic carbocycles. The molecule has 1 amide bonds. The quantitative estimate of drug-likeness (QED) is 0.727. The van der Waals surface area contributed by atoms with E-state index in [0.29, 0.717) is 41.6 Å². The summed E-state index contributed by atoms with van der Waals surface area (Å²) in [6.07, 6.45) is 0.645. The second-order valence-electron chi connectivity index (χ2n) is 6.70. The summed E-state index contributed by atoms with van der Waals surface area (Å²) in [6, 6.07) is 11.5. The highest BCUT2D eigenvalue weighted by Gasteiger charge is 2.25. The summed E-state index contributed by atoms with van der Waals surface area (Å²) in [7, 11) is 1.60. The number of hydrogen-bond donors (Lipinski definition) is 2. The molecule has 0 radical (unpaired) electrons. The Hall–Kier alpha value is -3.35. The van der Waals surface area contributed by atoms with Gasteiger partial charge in [0.15, 0.2) is 11.5 Å². The largest absolute Gasteiger partial charge is 0.493 e. The molecule has 144 valence electrons. The lowest BCUT2D eigenvalue weighted by atomic mass is 10.0. The summed E-state index contributed by atoms with van der Waals surface area (Å²) < 4.78 is 24.2. The van der Waals surface area contributed by atoms with Crippen molar-refractivity contribution in [3.05, 3.63) is 65.2 Å². The van der Waals surface area contributed by atoms with Crippen molar-refractivity contribution in [3.63, 3.8) is 0 Å². The summed E-state index contributed by atoms with van der Waals surface area (Å²) >= 11 is 0. The Morgan fingerprint density at radius 2 is 2.07 bits per heavy atom. The minimum Gasteiger partial charge on any atom is -0.493 e. The Kier molecular flexibility index (Phi) is 4.73. The number of rotatable bonds is 4. The summed E-state index contributed by atoms with van der Waals surface area (Å²) in [5.41, 5.74) is 2.67. The molecule has 0 aliphatic carbocycles. The van der Waals surface area contributed by atoms with Crippen LogP contribution in [0.5, 0.6) is 11.5 Å². The molecule has 0 spiro atoms. The van der Waals surface area contributed by atoms with Crippen molar-refractivity contribution in [2.75, 3.05) is 13.7 Å². The van der Waals surface area contributed by atoms with Crippen LogP contribution in [0.15, 0.2) is 42.5 Å². The van der Waals surface area contributed by atoms with E-state index in [1.165, 1.54) is 12.1 Å². The van der Waals surface area contributed by atoms with E-state index in [2.05, 4.69) is 15.3 Å². The first-order valence-corrected chi connectivity index (χ1v) is 8.97. The number of amides is 1. The highest BCUT2D eigenvalue weighted by Crippen LogP contribution is 2.34. The molecule has 1 aromatic heterocycles. The minimum absolute atomic E-state index is 0.169. The molecule has 2 heterocycles. The summed E-state index contributed by atoms with van der Waals surface area (Å²) in [5.74, 6) is 1.35. The number of nitrogens with one attached hydrogen (secondary N) is 2. The number of carbonyl (C=O) groups is 1. The normalized spacial score (nSPS) is 15.5. The smallest absolute Gasteiger partial charge is 0.272 e. The fourth-order valence-electron chi connectivity index (χ4n) is 3.33. The fraction of sp³-hybridized carbons (Fsp3) is 0.238. The number of benzene rings is 2. The Morgan fingerprint density at radius 3 is 2.82 bits per heavy atom. The van der Waals surface area contributed by atoms with E-state index in [4.69, 9.17) is 9.47 Å². The van der Waals surface area contributed by atoms with Crippen LogP contribution in [0, 0.1) is 12.7 Å². The highest BCUT2D eigenvalue weighted by molar-refractivity contribution is 5.94. The third kappa shape index (κ3) is 3.43. The SMILES string of the molecule is COc1cccc2c1OCC(NC(=O)c1nc(-c3ccc(F)cc3)[nH]c1C)C2. The van der Waals surface area contributed by atoms with Gasteiger partial charge in [0.25, 0.3) is 5.91 Å². The van der Waals surface area contributed by atoms with Crippen LogP contribution in [-0.2, 0) is 6.42 Å². The van der Waals surface area contributed by atoms with Gasteiger partial charge in [-0.05, 0) is 43.7 Å². The lowest BCUT2D eigenvalue weighted by Crippen LogP contribution is -2.43. The van der Waals surface area contributed by atoms with Gasteiger partial charge in [0, 0.05) is 16.8 Å². The third-order valence-corrected chi connectivity index (χ3v) is 4.73. The summed E-state index contributed by atoms with van der Waals surface area (Å²) in [6.45, 7) is 2.14. The summed E-state index contributed by atoms with van der Waals surface area (Å²) in [4.78, 5) is 20.2. The number of halogens is 1. The van der Waals surface area contributed by atoms with Gasteiger partial charge in [-0.15, -0.1) is 0 Å². The van der Waals surface area contributed by atoms with Crippen molar-refractivity contribution in [1.82, 2.24) is 15.3 Å². The van der Waals surface area contributed by atoms with Crippen molar-refractivity contribution in [1.29, 1.82) is 0 Å². The molecule has 2 N–H and O–H groups in total. The second-order valence-corrected chi connectivity index (χ2v) is 6.70. The van der Waals surface area contributed by atoms with Crippen molar-refractivity contribution in [2.45, 2.75) is 19.4 Å². The van der Waals surface area contributed by atoms with E-state index in [0.717, 1.165) is 11.3 Å². The molecule has 0 saturated heterocycles. The van der Waals surface area contributed by atoms with Gasteiger partial charge in [-0.3, -0.25) is 4.79 Å². The Balaban J connectivity index is 1.49. The topological polar surface area (TPSA) is 76.2 Å². The van der Waals surface area contributed by atoms with Crippen LogP contribution in [0.1, 0.15) is 21.7 Å². The lowest BCUT2D eigenvalue weighted by molar-refractivity contribution is 0.0909. The Morgan fingerprint density at radius 1 is 1.29 bits per heavy atom. The van der Waals surface area contributed by atoms with Crippen LogP contribution in [0.25, 0.3) is 11.4 Å². The molecule has 6 nitrogen and oxygen atoms in total. The molecular weight excluding hydrogens is 361 g/mol. The molecule has 0 saturated carbocycles. The van der Waals surface area contributed by atoms with Crippen LogP contribution >= 0.6 is 0 Å². The Labute approximate surface area is 161 Å². The molecule has 1 aliphatic heterocycles. The van der Waals surface area contributed by atoms with Gasteiger partial charge >= 0.3 is 0 Å². The molecule has 0 fully saturated rings. The van der Waals surface area contributed by atoms with E-state index in [1.807, 2.05) is 18.2 Å². The molecule has 0 bridgehead atoms. The third-order valence-electron chi connectivity index (χ3n) is 4.73. The van der Waals surface area contributed by atoms with Gasteiger partial charge in [0.1, 0.15) is 23.9 Å². The first kappa shape index (κ1) is 18.0. The maximum Gasteiger partial charge on any atom is 0.272 e. The van der Waals surface area contributed by atoms with Gasteiger partial charge in [0.05, 0.1) is 13.2 Å². The predicted molar refractivity (Wildman–Crippen MR) is 102 cm³/mol. The number of nitrogens with zero attached hydrogens (tertiary/aromatic N) is 1. The molecule has 7 heteroatoms. The first-order valence-electron chi connectivity index (χ1n) is 8.97. The minimum atomic E-state index is -0.320. The van der Waals surface area contributed by atoms with Crippen LogP contribution in [-0.4, -0.2) is 35.6 Å². The van der Waals surface area contributed by atoms with E-state index in [1.54, 1.807) is 26.2 Å². The average Bonchev–Trinajstić information content (AvgIpc) is 3.09. The lowest BCUT2D eigenvalue weighted by Gasteiger charge is -2.27. The number of carbonyl (C=O) groups excluding carboxylic acids is 1. The monoisotopic (exact) mass is 381 g/mol. The maximum atomic E-state index is 13.1. The number of fused-ring (bicyclic) bond motifs is 1. The number of para-hydroxylation sites is 1. The van der Waals surface area contributed by atoms with Crippen LogP contribution < -0.4 is 14.8 Å². The van der Waals surface area contributed by atoms with Gasteiger partial charge in [0.2, 0.25) is 0 Å². The van der Waals surface area contributed by atoms with Crippen molar-refractivity contribution >= 4 is 5.91 Å². The van der Waals surface area contributed by atoms with Crippen LogP contribution in [0.3, 0.4) is 0 Å². The first-order chi connectivity index (χ1) is 13.5. The van der Waals surface area contributed by atoms with Gasteiger partial charge < -0.3 is 19.8 Å². The number of aromatic amines is 1. The molecule has 1 atom stereocenters. The maximum absolute atomic E-state index is 13.1. The zero-order valence-corrected chi connectivity index (χ0v) is 15.6. The number of ether oxygens (including phenoxy) is 2. The van der Waals surface area contributed by atoms with Gasteiger partial charge in [-0.2, -0.15) is 0 Å². The van der Waals surface area contributed by atoms with Crippen LogP contribution in [0.2, 0.25) is 0 Å². The van der Waals surface area contributed by atoms with E-state index in [9.17, 15) is 9.18 Å². The predicted octanol–water partition coefficient (Wildman–Crippen LogP) is 3.27. The number of aryl methyl sites for hydroxylation is 1. The van der Waals surface area contributed by atoms with E-state index < -0.39 is 0 Å². The molecule has 28 heavy (non-hydrogen) atoms. The highest BCUT2D eigenvalue weighted by atomic mass is 19.1. The molecular formula is C21H20FN3O3. The van der Waals surface area contributed by atoms with Crippen molar-refractivity contribution in [3.8, 4) is 22.9 Å². The van der Waals surface area contributed by atoms with Gasteiger partial charge in [-0.25, -0.2) is 9.37 Å². The number of aromatic nitrogens is 2. The zero-order valence-electron chi connectivity index (χ0n) is 15.6. The zero-order chi connectivity index (χ0) is 19.7. The number of methoxy groups -OCH3 is 1. The van der Waals surface area contributed by atoms with Crippen LogP contribution in [0.4, 0.5) is 4.39 Å². The number of H-pyrrole nitrogens is 1. The second kappa shape index (κ2) is 7.34. The average molecular weight is 381 g/mol. The van der Waals surface area contributed by atoms with Crippen molar-refractivity contribution < 1.29 is 18.7 Å². The fourth-order valence-corrected chi connectivity index (χ4v) is 3.33.